The quantitative estimate of drug-likeness (QED) is 0.470. The number of rotatable bonds is 3. The molecule has 0 amide bonds. The van der Waals surface area contributed by atoms with Crippen LogP contribution in [0.3, 0.4) is 0 Å². The Kier molecular flexibility index (Phi) is 5.38. The molecule has 2 rings (SSSR count). The summed E-state index contributed by atoms with van der Waals surface area (Å²) in [6.07, 6.45) is -2.91. The molecule has 0 atom stereocenters. The summed E-state index contributed by atoms with van der Waals surface area (Å²) < 4.78 is 38.0. The van der Waals surface area contributed by atoms with Gasteiger partial charge in [-0.2, -0.15) is 29.6 Å². The molecule has 116 valence electrons. The maximum atomic E-state index is 12.7. The van der Waals surface area contributed by atoms with Crippen LogP contribution in [0.4, 0.5) is 18.9 Å². The van der Waals surface area contributed by atoms with Gasteiger partial charge in [-0.1, -0.05) is 11.6 Å². The third-order valence-corrected chi connectivity index (χ3v) is 3.69. The van der Waals surface area contributed by atoms with Crippen molar-refractivity contribution < 1.29 is 13.2 Å². The zero-order chi connectivity index (χ0) is 16.2. The highest BCUT2D eigenvalue weighted by Crippen LogP contribution is 2.33. The second-order valence-corrected chi connectivity index (χ2v) is 5.67. The van der Waals surface area contributed by atoms with Crippen LogP contribution < -0.4 is 10.7 Å². The Balaban J connectivity index is 2.02. The van der Waals surface area contributed by atoms with Gasteiger partial charge >= 0.3 is 6.18 Å². The Labute approximate surface area is 138 Å². The molecule has 0 aliphatic heterocycles. The van der Waals surface area contributed by atoms with Crippen molar-refractivity contribution in [3.05, 3.63) is 51.2 Å². The van der Waals surface area contributed by atoms with Crippen LogP contribution in [0.5, 0.6) is 0 Å². The van der Waals surface area contributed by atoms with Gasteiger partial charge in [0.2, 0.25) is 0 Å². The number of hydrazone groups is 1. The lowest BCUT2D eigenvalue weighted by Gasteiger charge is -2.12. The van der Waals surface area contributed by atoms with Gasteiger partial charge in [0, 0.05) is 5.56 Å². The first kappa shape index (κ1) is 16.7. The molecule has 22 heavy (non-hydrogen) atoms. The number of anilines is 1. The van der Waals surface area contributed by atoms with Crippen molar-refractivity contribution in [3.8, 4) is 0 Å². The second kappa shape index (κ2) is 7.08. The molecule has 9 heteroatoms. The van der Waals surface area contributed by atoms with Gasteiger partial charge in [-0.15, -0.1) is 0 Å². The highest BCUT2D eigenvalue weighted by molar-refractivity contribution is 7.80. The third kappa shape index (κ3) is 4.69. The van der Waals surface area contributed by atoms with Gasteiger partial charge < -0.3 is 5.32 Å². The van der Waals surface area contributed by atoms with Crippen LogP contribution in [-0.2, 0) is 6.18 Å². The van der Waals surface area contributed by atoms with Crippen molar-refractivity contribution in [2.24, 2.45) is 5.10 Å². The van der Waals surface area contributed by atoms with Crippen LogP contribution in [0, 0.1) is 0 Å². The predicted molar refractivity (Wildman–Crippen MR) is 87.7 cm³/mol. The first-order chi connectivity index (χ1) is 10.4. The maximum Gasteiger partial charge on any atom is 0.416 e. The lowest BCUT2D eigenvalue weighted by Crippen LogP contribution is -2.24. The van der Waals surface area contributed by atoms with Gasteiger partial charge in [0.05, 0.1) is 22.5 Å². The topological polar surface area (TPSA) is 36.4 Å². The highest BCUT2D eigenvalue weighted by Gasteiger charge is 2.31. The maximum absolute atomic E-state index is 12.7. The summed E-state index contributed by atoms with van der Waals surface area (Å²) >= 11 is 12.3. The number of hydrogen-bond donors (Lipinski definition) is 2. The third-order valence-electron chi connectivity index (χ3n) is 2.46. The standard InChI is InChI=1S/C13H9ClF3N3S2/c14-10-2-1-9(13(15,16)17)5-11(10)19-12(21)20-18-6-8-3-4-22-7-8/h1-7H,(H2,19,20,21)/b18-6-. The zero-order valence-electron chi connectivity index (χ0n) is 10.8. The molecule has 0 bridgehead atoms. The van der Waals surface area contributed by atoms with Crippen molar-refractivity contribution in [2.75, 3.05) is 5.32 Å². The molecule has 1 aromatic heterocycles. The molecular formula is C13H9ClF3N3S2. The van der Waals surface area contributed by atoms with Crippen molar-refractivity contribution >= 4 is 52.2 Å². The minimum atomic E-state index is -4.45. The van der Waals surface area contributed by atoms with Gasteiger partial charge in [-0.3, -0.25) is 5.43 Å². The summed E-state index contributed by atoms with van der Waals surface area (Å²) in [5.74, 6) is 0. The van der Waals surface area contributed by atoms with E-state index < -0.39 is 11.7 Å². The first-order valence-corrected chi connectivity index (χ1v) is 7.58. The Hall–Kier alpha value is -1.64. The Morgan fingerprint density at radius 2 is 2.09 bits per heavy atom. The Morgan fingerprint density at radius 1 is 1.32 bits per heavy atom. The lowest BCUT2D eigenvalue weighted by atomic mass is 10.2. The molecule has 0 saturated carbocycles. The number of hydrogen-bond acceptors (Lipinski definition) is 3. The van der Waals surface area contributed by atoms with Crippen LogP contribution in [0.1, 0.15) is 11.1 Å². The van der Waals surface area contributed by atoms with E-state index in [1.165, 1.54) is 17.6 Å². The van der Waals surface area contributed by atoms with E-state index in [-0.39, 0.29) is 15.8 Å². The average Bonchev–Trinajstić information content (AvgIpc) is 2.93. The van der Waals surface area contributed by atoms with Gasteiger partial charge in [-0.05, 0) is 47.2 Å². The highest BCUT2D eigenvalue weighted by atomic mass is 35.5. The molecule has 1 heterocycles. The molecule has 2 aromatic rings. The van der Waals surface area contributed by atoms with Gasteiger partial charge in [0.1, 0.15) is 0 Å². The molecule has 0 aliphatic carbocycles. The monoisotopic (exact) mass is 363 g/mol. The molecule has 0 radical (unpaired) electrons. The van der Waals surface area contributed by atoms with E-state index in [4.69, 9.17) is 23.8 Å². The Bertz CT molecular complexity index is 684. The molecule has 0 unspecified atom stereocenters. The number of benzene rings is 1. The summed E-state index contributed by atoms with van der Waals surface area (Å²) in [4.78, 5) is 0. The molecule has 1 aromatic carbocycles. The van der Waals surface area contributed by atoms with Gasteiger partial charge in [-0.25, -0.2) is 0 Å². The van der Waals surface area contributed by atoms with E-state index in [9.17, 15) is 13.2 Å². The van der Waals surface area contributed by atoms with E-state index in [0.717, 1.165) is 23.8 Å². The molecule has 0 saturated heterocycles. The normalized spacial score (nSPS) is 11.6. The minimum absolute atomic E-state index is 0.0349. The number of thiocarbonyl (C=S) groups is 1. The fourth-order valence-corrected chi connectivity index (χ4v) is 2.40. The van der Waals surface area contributed by atoms with E-state index >= 15 is 0 Å². The van der Waals surface area contributed by atoms with E-state index in [0.29, 0.717) is 0 Å². The van der Waals surface area contributed by atoms with Crippen LogP contribution in [-0.4, -0.2) is 11.3 Å². The Morgan fingerprint density at radius 3 is 2.73 bits per heavy atom. The molecule has 0 fully saturated rings. The van der Waals surface area contributed by atoms with E-state index in [2.05, 4.69) is 15.8 Å². The van der Waals surface area contributed by atoms with Crippen molar-refractivity contribution in [1.82, 2.24) is 5.43 Å². The van der Waals surface area contributed by atoms with Crippen LogP contribution in [0.2, 0.25) is 5.02 Å². The van der Waals surface area contributed by atoms with Crippen LogP contribution in [0.25, 0.3) is 0 Å². The van der Waals surface area contributed by atoms with Crippen molar-refractivity contribution in [3.63, 3.8) is 0 Å². The average molecular weight is 364 g/mol. The summed E-state index contributed by atoms with van der Waals surface area (Å²) in [6, 6.07) is 4.80. The summed E-state index contributed by atoms with van der Waals surface area (Å²) in [6.45, 7) is 0. The lowest BCUT2D eigenvalue weighted by molar-refractivity contribution is -0.137. The van der Waals surface area contributed by atoms with Crippen molar-refractivity contribution in [2.45, 2.75) is 6.18 Å². The van der Waals surface area contributed by atoms with E-state index in [1.807, 2.05) is 16.8 Å². The molecular weight excluding hydrogens is 355 g/mol. The summed E-state index contributed by atoms with van der Waals surface area (Å²) in [5.41, 5.74) is 2.64. The second-order valence-electron chi connectivity index (χ2n) is 4.07. The number of thiophene rings is 1. The molecule has 0 aliphatic rings. The summed E-state index contributed by atoms with van der Waals surface area (Å²) in [7, 11) is 0. The molecule has 2 N–H and O–H groups in total. The van der Waals surface area contributed by atoms with E-state index in [1.54, 1.807) is 0 Å². The van der Waals surface area contributed by atoms with Gasteiger partial charge in [0.25, 0.3) is 0 Å². The van der Waals surface area contributed by atoms with Crippen molar-refractivity contribution in [1.29, 1.82) is 0 Å². The molecule has 0 spiro atoms. The van der Waals surface area contributed by atoms with Crippen LogP contribution >= 0.6 is 35.2 Å². The fourth-order valence-electron chi connectivity index (χ4n) is 1.46. The number of halogens is 4. The fraction of sp³-hybridized carbons (Fsp3) is 0.0769. The smallest absolute Gasteiger partial charge is 0.330 e. The summed E-state index contributed by atoms with van der Waals surface area (Å²) in [5, 5.41) is 10.4. The van der Waals surface area contributed by atoms with Gasteiger partial charge in [0.15, 0.2) is 5.11 Å². The first-order valence-electron chi connectivity index (χ1n) is 5.85. The predicted octanol–water partition coefficient (Wildman–Crippen LogP) is 4.74. The number of nitrogens with zero attached hydrogens (tertiary/aromatic N) is 1. The molecule has 3 nitrogen and oxygen atoms in total. The zero-order valence-corrected chi connectivity index (χ0v) is 13.2. The number of alkyl halides is 3. The largest absolute Gasteiger partial charge is 0.416 e. The SMILES string of the molecule is FC(F)(F)c1ccc(Cl)c(NC(=S)N/N=C\c2ccsc2)c1. The minimum Gasteiger partial charge on any atom is -0.330 e. The number of nitrogens with one attached hydrogen (secondary N) is 2. The van der Waals surface area contributed by atoms with Crippen LogP contribution in [0.15, 0.2) is 40.1 Å².